The number of hydrogen-bond donors (Lipinski definition) is 4. The first kappa shape index (κ1) is 27.9. The summed E-state index contributed by atoms with van der Waals surface area (Å²) in [6.45, 7) is 3.42. The predicted octanol–water partition coefficient (Wildman–Crippen LogP) is 3.67. The van der Waals surface area contributed by atoms with Gasteiger partial charge in [0.15, 0.2) is 0 Å². The molecule has 0 spiro atoms. The Hall–Kier alpha value is -2.62. The summed E-state index contributed by atoms with van der Waals surface area (Å²) in [6, 6.07) is 14.6. The average molecular weight is 555 g/mol. The molecule has 0 radical (unpaired) electrons. The Labute approximate surface area is 232 Å². The van der Waals surface area contributed by atoms with Crippen molar-refractivity contribution in [3.63, 3.8) is 0 Å². The highest BCUT2D eigenvalue weighted by atomic mass is 32.2. The number of rotatable bonds is 11. The minimum atomic E-state index is -3.42. The summed E-state index contributed by atoms with van der Waals surface area (Å²) in [5.74, 6) is 0.585. The maximum absolute atomic E-state index is 13.7. The van der Waals surface area contributed by atoms with Gasteiger partial charge in [-0.05, 0) is 88.0 Å². The fourth-order valence-electron chi connectivity index (χ4n) is 6.58. The number of hydrogen-bond acceptors (Lipinski definition) is 6. The average Bonchev–Trinajstić information content (AvgIpc) is 3.53. The van der Waals surface area contributed by atoms with E-state index in [-0.39, 0.29) is 17.2 Å². The third-order valence-electron chi connectivity index (χ3n) is 8.71. The summed E-state index contributed by atoms with van der Waals surface area (Å²) in [5, 5.41) is 21.3. The van der Waals surface area contributed by atoms with Crippen molar-refractivity contribution in [1.82, 2.24) is 10.6 Å². The van der Waals surface area contributed by atoms with Crippen LogP contribution in [0.1, 0.15) is 67.8 Å². The molecule has 1 amide bonds. The topological polar surface area (TPSA) is 111 Å². The molecule has 2 atom stereocenters. The van der Waals surface area contributed by atoms with Gasteiger partial charge in [-0.1, -0.05) is 30.3 Å². The molecule has 2 aromatic carbocycles. The van der Waals surface area contributed by atoms with Crippen LogP contribution in [0.4, 0.5) is 11.4 Å². The van der Waals surface area contributed by atoms with Crippen molar-refractivity contribution in [2.45, 2.75) is 76.0 Å². The second-order valence-corrected chi connectivity index (χ2v) is 13.6. The molecule has 5 rings (SSSR count). The SMILES string of the molecule is CCNc1cc(C(=O)N[C@@H](Cc2ccccc2)[C@H](O)CN[C@]23CC[C@H](CC2)C3)cc(N2CCCCS2(=O)=O)c1. The van der Waals surface area contributed by atoms with E-state index < -0.39 is 22.2 Å². The Morgan fingerprint density at radius 1 is 1.13 bits per heavy atom. The van der Waals surface area contributed by atoms with Gasteiger partial charge in [0.05, 0.1) is 23.6 Å². The van der Waals surface area contributed by atoms with Crippen molar-refractivity contribution in [3.05, 3.63) is 59.7 Å². The molecule has 3 fully saturated rings. The summed E-state index contributed by atoms with van der Waals surface area (Å²) < 4.78 is 27.0. The van der Waals surface area contributed by atoms with Crippen LogP contribution in [0.5, 0.6) is 0 Å². The molecule has 8 nitrogen and oxygen atoms in total. The smallest absolute Gasteiger partial charge is 0.251 e. The lowest BCUT2D eigenvalue weighted by Gasteiger charge is -2.32. The first-order chi connectivity index (χ1) is 18.8. The number of aliphatic hydroxyl groups excluding tert-OH is 1. The standard InChI is InChI=1S/C30H42N4O4S/c1-2-31-25-17-24(18-26(19-25)34-14-6-7-15-39(34,37)38)29(36)33-27(16-22-8-4-3-5-9-22)28(35)21-32-30-12-10-23(20-30)11-13-30/h3-5,8-9,17-19,23,27-28,31-32,35H,2,6-7,10-16,20-21H2,1H3,(H,33,36)/t23-,27-,28+,30-/m0/s1. The quantitative estimate of drug-likeness (QED) is 0.337. The zero-order valence-corrected chi connectivity index (χ0v) is 23.7. The largest absolute Gasteiger partial charge is 0.390 e. The predicted molar refractivity (Wildman–Crippen MR) is 156 cm³/mol. The molecule has 2 saturated carbocycles. The number of amides is 1. The van der Waals surface area contributed by atoms with Gasteiger partial charge in [-0.15, -0.1) is 0 Å². The van der Waals surface area contributed by atoms with Crippen molar-refractivity contribution < 1.29 is 18.3 Å². The minimum absolute atomic E-state index is 0.112. The maximum Gasteiger partial charge on any atom is 0.251 e. The van der Waals surface area contributed by atoms with E-state index in [1.807, 2.05) is 37.3 Å². The zero-order valence-electron chi connectivity index (χ0n) is 22.9. The number of aliphatic hydroxyl groups is 1. The third-order valence-corrected chi connectivity index (χ3v) is 10.6. The van der Waals surface area contributed by atoms with Crippen LogP contribution in [-0.4, -0.2) is 62.5 Å². The van der Waals surface area contributed by atoms with Gasteiger partial charge < -0.3 is 21.1 Å². The molecule has 2 aromatic rings. The van der Waals surface area contributed by atoms with Gasteiger partial charge in [0.1, 0.15) is 0 Å². The number of carbonyl (C=O) groups excluding carboxylic acids is 1. The Balaban J connectivity index is 1.36. The van der Waals surface area contributed by atoms with E-state index in [9.17, 15) is 18.3 Å². The van der Waals surface area contributed by atoms with Gasteiger partial charge in [0.25, 0.3) is 5.91 Å². The van der Waals surface area contributed by atoms with Crippen LogP contribution in [0.25, 0.3) is 0 Å². The Morgan fingerprint density at radius 2 is 1.90 bits per heavy atom. The van der Waals surface area contributed by atoms with Crippen molar-refractivity contribution >= 4 is 27.3 Å². The second kappa shape index (κ2) is 11.9. The molecule has 0 aromatic heterocycles. The van der Waals surface area contributed by atoms with E-state index in [4.69, 9.17) is 0 Å². The number of sulfonamides is 1. The minimum Gasteiger partial charge on any atom is -0.390 e. The molecule has 1 aliphatic heterocycles. The number of anilines is 2. The van der Waals surface area contributed by atoms with Crippen LogP contribution in [0.2, 0.25) is 0 Å². The van der Waals surface area contributed by atoms with Crippen molar-refractivity contribution in [1.29, 1.82) is 0 Å². The second-order valence-electron chi connectivity index (χ2n) is 11.5. The van der Waals surface area contributed by atoms with E-state index in [0.717, 1.165) is 30.7 Å². The van der Waals surface area contributed by atoms with E-state index in [0.29, 0.717) is 49.4 Å². The molecule has 2 aliphatic carbocycles. The molecule has 1 saturated heterocycles. The Bertz CT molecular complexity index is 1240. The third kappa shape index (κ3) is 6.58. The monoisotopic (exact) mass is 554 g/mol. The number of carbonyl (C=O) groups is 1. The van der Waals surface area contributed by atoms with Crippen LogP contribution in [0.3, 0.4) is 0 Å². The van der Waals surface area contributed by atoms with E-state index in [1.165, 1.54) is 23.6 Å². The van der Waals surface area contributed by atoms with E-state index in [1.54, 1.807) is 18.2 Å². The molecule has 0 unspecified atom stereocenters. The van der Waals surface area contributed by atoms with E-state index >= 15 is 0 Å². The molecular weight excluding hydrogens is 512 g/mol. The summed E-state index contributed by atoms with van der Waals surface area (Å²) >= 11 is 0. The lowest BCUT2D eigenvalue weighted by atomic mass is 9.93. The number of fused-ring (bicyclic) bond motifs is 2. The maximum atomic E-state index is 13.7. The lowest BCUT2D eigenvalue weighted by Crippen LogP contribution is -2.52. The molecular formula is C30H42N4O4S. The zero-order chi connectivity index (χ0) is 27.5. The van der Waals surface area contributed by atoms with Crippen LogP contribution < -0.4 is 20.3 Å². The number of β-amino-alcohol motifs (C(OH)–C–C–N with tert-alkyl or cyclic N) is 1. The first-order valence-electron chi connectivity index (χ1n) is 14.4. The van der Waals surface area contributed by atoms with Crippen molar-refractivity contribution in [3.8, 4) is 0 Å². The lowest BCUT2D eigenvalue weighted by molar-refractivity contribution is 0.0808. The van der Waals surface area contributed by atoms with Crippen LogP contribution in [-0.2, 0) is 16.4 Å². The van der Waals surface area contributed by atoms with E-state index in [2.05, 4.69) is 16.0 Å². The van der Waals surface area contributed by atoms with Crippen LogP contribution >= 0.6 is 0 Å². The van der Waals surface area contributed by atoms with Gasteiger partial charge in [-0.3, -0.25) is 9.10 Å². The van der Waals surface area contributed by atoms with Crippen molar-refractivity contribution in [2.24, 2.45) is 5.92 Å². The summed E-state index contributed by atoms with van der Waals surface area (Å²) in [5.41, 5.74) is 2.72. The highest BCUT2D eigenvalue weighted by Gasteiger charge is 2.44. The van der Waals surface area contributed by atoms with Gasteiger partial charge in [-0.2, -0.15) is 0 Å². The Morgan fingerprint density at radius 3 is 2.56 bits per heavy atom. The first-order valence-corrected chi connectivity index (χ1v) is 16.1. The van der Waals surface area contributed by atoms with Gasteiger partial charge in [0, 0.05) is 36.4 Å². The number of benzene rings is 2. The van der Waals surface area contributed by atoms with Crippen LogP contribution in [0.15, 0.2) is 48.5 Å². The summed E-state index contributed by atoms with van der Waals surface area (Å²) in [4.78, 5) is 13.7. The molecule has 1 heterocycles. The summed E-state index contributed by atoms with van der Waals surface area (Å²) in [7, 11) is -3.42. The highest BCUT2D eigenvalue weighted by Crippen LogP contribution is 2.47. The Kier molecular flexibility index (Phi) is 8.49. The van der Waals surface area contributed by atoms with Crippen molar-refractivity contribution in [2.75, 3.05) is 35.0 Å². The fourth-order valence-corrected chi connectivity index (χ4v) is 8.20. The molecule has 212 valence electrons. The number of nitrogens with zero attached hydrogens (tertiary/aromatic N) is 1. The van der Waals surface area contributed by atoms with Gasteiger partial charge in [-0.25, -0.2) is 8.42 Å². The molecule has 4 N–H and O–H groups in total. The number of nitrogens with one attached hydrogen (secondary N) is 3. The molecule has 9 heteroatoms. The molecule has 2 bridgehead atoms. The van der Waals surface area contributed by atoms with Gasteiger partial charge >= 0.3 is 0 Å². The summed E-state index contributed by atoms with van der Waals surface area (Å²) in [6.07, 6.45) is 7.14. The van der Waals surface area contributed by atoms with Crippen LogP contribution in [0, 0.1) is 5.92 Å². The molecule has 3 aliphatic rings. The normalized spacial score (nSPS) is 25.3. The molecule has 39 heavy (non-hydrogen) atoms. The highest BCUT2D eigenvalue weighted by molar-refractivity contribution is 7.92. The van der Waals surface area contributed by atoms with Gasteiger partial charge in [0.2, 0.25) is 10.0 Å². The fraction of sp³-hybridized carbons (Fsp3) is 0.567.